The molecule has 2 aliphatic rings. The Morgan fingerprint density at radius 2 is 2.05 bits per heavy atom. The first-order valence-corrected chi connectivity index (χ1v) is 8.18. The van der Waals surface area contributed by atoms with Gasteiger partial charge in [-0.25, -0.2) is 0 Å². The number of hydrogen-bond donors (Lipinski definition) is 1. The molecule has 116 valence electrons. The Balaban J connectivity index is 1.47. The van der Waals surface area contributed by atoms with Crippen LogP contribution >= 0.6 is 0 Å². The van der Waals surface area contributed by atoms with Crippen LogP contribution in [-0.4, -0.2) is 49.5 Å². The summed E-state index contributed by atoms with van der Waals surface area (Å²) in [6.07, 6.45) is 1.07. The van der Waals surface area contributed by atoms with Crippen molar-refractivity contribution in [3.63, 3.8) is 0 Å². The van der Waals surface area contributed by atoms with Gasteiger partial charge in [-0.05, 0) is 22.8 Å². The summed E-state index contributed by atoms with van der Waals surface area (Å²) in [4.78, 5) is 2.51. The molecule has 0 radical (unpaired) electrons. The topological polar surface area (TPSA) is 32.7 Å². The molecule has 2 saturated heterocycles. The second-order valence-electron chi connectivity index (χ2n) is 6.86. The third kappa shape index (κ3) is 2.34. The maximum atomic E-state index is 9.76. The molecule has 0 aliphatic carbocycles. The molecule has 2 aromatic carbocycles. The van der Waals surface area contributed by atoms with Gasteiger partial charge >= 0.3 is 0 Å². The molecule has 0 bridgehead atoms. The molecule has 2 aliphatic heterocycles. The van der Waals surface area contributed by atoms with E-state index < -0.39 is 0 Å². The van der Waals surface area contributed by atoms with Gasteiger partial charge in [0.1, 0.15) is 0 Å². The Bertz CT molecular complexity index is 666. The van der Waals surface area contributed by atoms with Crippen molar-refractivity contribution in [1.82, 2.24) is 4.90 Å². The smallest absolute Gasteiger partial charge is 0.0560 e. The fourth-order valence-electron chi connectivity index (χ4n) is 4.13. The van der Waals surface area contributed by atoms with Crippen molar-refractivity contribution in [2.75, 3.05) is 39.5 Å². The molecule has 0 saturated carbocycles. The fourth-order valence-corrected chi connectivity index (χ4v) is 4.13. The van der Waals surface area contributed by atoms with E-state index in [4.69, 9.17) is 4.74 Å². The first-order chi connectivity index (χ1) is 10.8. The zero-order valence-electron chi connectivity index (χ0n) is 12.9. The van der Waals surface area contributed by atoms with Crippen LogP contribution in [0.2, 0.25) is 0 Å². The van der Waals surface area contributed by atoms with Crippen molar-refractivity contribution in [2.45, 2.75) is 6.42 Å². The summed E-state index contributed by atoms with van der Waals surface area (Å²) in [7, 11) is 0. The van der Waals surface area contributed by atoms with Gasteiger partial charge in [0, 0.05) is 31.0 Å². The highest BCUT2D eigenvalue weighted by molar-refractivity contribution is 5.85. The average molecular weight is 297 g/mol. The summed E-state index contributed by atoms with van der Waals surface area (Å²) in [5, 5.41) is 12.4. The Labute approximate surface area is 131 Å². The largest absolute Gasteiger partial charge is 0.396 e. The molecule has 0 unspecified atom stereocenters. The number of aliphatic hydroxyl groups excluding tert-OH is 1. The number of rotatable bonds is 4. The number of fused-ring (bicyclic) bond motifs is 2. The van der Waals surface area contributed by atoms with Gasteiger partial charge in [-0.1, -0.05) is 42.5 Å². The number of nitrogens with zero attached hydrogens (tertiary/aromatic N) is 1. The molecule has 0 amide bonds. The minimum absolute atomic E-state index is 0.00123. The molecular formula is C19H23NO2. The third-order valence-electron chi connectivity index (χ3n) is 5.48. The highest BCUT2D eigenvalue weighted by Crippen LogP contribution is 2.40. The van der Waals surface area contributed by atoms with E-state index in [0.29, 0.717) is 5.92 Å². The Morgan fingerprint density at radius 1 is 1.18 bits per heavy atom. The number of aliphatic hydroxyl groups is 1. The van der Waals surface area contributed by atoms with Gasteiger partial charge in [-0.15, -0.1) is 0 Å². The summed E-state index contributed by atoms with van der Waals surface area (Å²) < 4.78 is 5.59. The lowest BCUT2D eigenvalue weighted by Crippen LogP contribution is -2.34. The van der Waals surface area contributed by atoms with Crippen LogP contribution in [0, 0.1) is 11.3 Å². The van der Waals surface area contributed by atoms with Crippen LogP contribution in [0.3, 0.4) is 0 Å². The summed E-state index contributed by atoms with van der Waals surface area (Å²) in [6.45, 7) is 4.88. The lowest BCUT2D eigenvalue weighted by molar-refractivity contribution is 0.0816. The van der Waals surface area contributed by atoms with Crippen LogP contribution < -0.4 is 0 Å². The third-order valence-corrected chi connectivity index (χ3v) is 5.48. The van der Waals surface area contributed by atoms with Gasteiger partial charge in [0.15, 0.2) is 0 Å². The molecule has 2 atom stereocenters. The molecule has 2 aromatic rings. The summed E-state index contributed by atoms with van der Waals surface area (Å²) in [6, 6.07) is 15.2. The van der Waals surface area contributed by atoms with E-state index in [0.717, 1.165) is 39.3 Å². The summed E-state index contributed by atoms with van der Waals surface area (Å²) >= 11 is 0. The number of ether oxygens (including phenoxy) is 1. The molecule has 3 heteroatoms. The van der Waals surface area contributed by atoms with E-state index in [-0.39, 0.29) is 12.0 Å². The average Bonchev–Trinajstić information content (AvgIpc) is 3.10. The van der Waals surface area contributed by atoms with E-state index >= 15 is 0 Å². The second kappa shape index (κ2) is 5.65. The highest BCUT2D eigenvalue weighted by Gasteiger charge is 2.49. The SMILES string of the molecule is OC[C@@]12COC[C@@H]1CN(CCc1cccc3ccccc13)C2. The van der Waals surface area contributed by atoms with Crippen molar-refractivity contribution in [3.05, 3.63) is 48.0 Å². The summed E-state index contributed by atoms with van der Waals surface area (Å²) in [5.41, 5.74) is 1.42. The Morgan fingerprint density at radius 3 is 2.91 bits per heavy atom. The second-order valence-corrected chi connectivity index (χ2v) is 6.86. The van der Waals surface area contributed by atoms with Crippen LogP contribution in [0.25, 0.3) is 10.8 Å². The van der Waals surface area contributed by atoms with Gasteiger partial charge in [0.05, 0.1) is 19.8 Å². The maximum absolute atomic E-state index is 9.76. The van der Waals surface area contributed by atoms with Crippen LogP contribution in [0.1, 0.15) is 5.56 Å². The van der Waals surface area contributed by atoms with Crippen LogP contribution in [0.15, 0.2) is 42.5 Å². The van der Waals surface area contributed by atoms with E-state index in [9.17, 15) is 5.11 Å². The maximum Gasteiger partial charge on any atom is 0.0560 e. The van der Waals surface area contributed by atoms with Crippen molar-refractivity contribution in [3.8, 4) is 0 Å². The molecule has 22 heavy (non-hydrogen) atoms. The van der Waals surface area contributed by atoms with E-state index in [1.54, 1.807) is 0 Å². The van der Waals surface area contributed by atoms with Crippen LogP contribution in [0.4, 0.5) is 0 Å². The molecule has 0 spiro atoms. The van der Waals surface area contributed by atoms with Crippen LogP contribution in [0.5, 0.6) is 0 Å². The minimum atomic E-state index is -0.00123. The number of benzene rings is 2. The van der Waals surface area contributed by atoms with Gasteiger partial charge in [0.2, 0.25) is 0 Å². The van der Waals surface area contributed by atoms with Gasteiger partial charge in [-0.3, -0.25) is 0 Å². The minimum Gasteiger partial charge on any atom is -0.396 e. The Kier molecular flexibility index (Phi) is 3.65. The predicted octanol–water partition coefficient (Wildman–Crippen LogP) is 2.32. The zero-order chi connectivity index (χ0) is 15.0. The standard InChI is InChI=1S/C19H23NO2/c21-13-19-12-20(10-17(19)11-22-14-19)9-8-16-6-3-5-15-4-1-2-7-18(15)16/h1-7,17,21H,8-14H2/t17-,19-/m0/s1. The molecule has 0 aromatic heterocycles. The fraction of sp³-hybridized carbons (Fsp3) is 0.474. The van der Waals surface area contributed by atoms with Crippen molar-refractivity contribution < 1.29 is 9.84 Å². The van der Waals surface area contributed by atoms with E-state index in [1.807, 2.05) is 0 Å². The van der Waals surface area contributed by atoms with E-state index in [2.05, 4.69) is 47.4 Å². The Hall–Kier alpha value is -1.42. The normalized spacial score (nSPS) is 28.3. The quantitative estimate of drug-likeness (QED) is 0.940. The van der Waals surface area contributed by atoms with Gasteiger partial charge < -0.3 is 14.7 Å². The van der Waals surface area contributed by atoms with Crippen molar-refractivity contribution >= 4 is 10.8 Å². The molecule has 4 rings (SSSR count). The summed E-state index contributed by atoms with van der Waals surface area (Å²) in [5.74, 6) is 0.505. The van der Waals surface area contributed by atoms with Crippen LogP contribution in [-0.2, 0) is 11.2 Å². The van der Waals surface area contributed by atoms with Gasteiger partial charge in [-0.2, -0.15) is 0 Å². The first-order valence-electron chi connectivity index (χ1n) is 8.18. The molecule has 3 nitrogen and oxygen atoms in total. The lowest BCUT2D eigenvalue weighted by Gasteiger charge is -2.24. The number of likely N-dealkylation sites (tertiary alicyclic amines) is 1. The molecule has 2 heterocycles. The zero-order valence-corrected chi connectivity index (χ0v) is 12.9. The van der Waals surface area contributed by atoms with Crippen molar-refractivity contribution in [2.24, 2.45) is 11.3 Å². The molecular weight excluding hydrogens is 274 g/mol. The van der Waals surface area contributed by atoms with Crippen molar-refractivity contribution in [1.29, 1.82) is 0 Å². The monoisotopic (exact) mass is 297 g/mol. The predicted molar refractivity (Wildman–Crippen MR) is 87.9 cm³/mol. The number of hydrogen-bond acceptors (Lipinski definition) is 3. The molecule has 1 N–H and O–H groups in total. The first kappa shape index (κ1) is 14.2. The van der Waals surface area contributed by atoms with E-state index in [1.165, 1.54) is 16.3 Å². The lowest BCUT2D eigenvalue weighted by atomic mass is 9.82. The highest BCUT2D eigenvalue weighted by atomic mass is 16.5. The molecule has 2 fully saturated rings. The van der Waals surface area contributed by atoms with Gasteiger partial charge in [0.25, 0.3) is 0 Å².